The molecule has 0 spiro atoms. The van der Waals surface area contributed by atoms with Crippen molar-refractivity contribution < 1.29 is 13.9 Å². The molecule has 6 nitrogen and oxygen atoms in total. The number of fused-ring (bicyclic) bond motifs is 1. The van der Waals surface area contributed by atoms with Gasteiger partial charge in [-0.05, 0) is 30.0 Å². The van der Waals surface area contributed by atoms with Crippen molar-refractivity contribution in [3.63, 3.8) is 0 Å². The minimum atomic E-state index is -0.450. The zero-order chi connectivity index (χ0) is 22.6. The number of carbonyl (C=O) groups excluding carboxylic acids is 1. The molecule has 8 heteroatoms. The van der Waals surface area contributed by atoms with Gasteiger partial charge >= 0.3 is 5.97 Å². The van der Waals surface area contributed by atoms with Crippen LogP contribution < -0.4 is 0 Å². The molecule has 0 amide bonds. The molecule has 0 N–H and O–H groups in total. The van der Waals surface area contributed by atoms with Crippen LogP contribution in [0.4, 0.5) is 0 Å². The number of thioether (sulfide) groups is 1. The topological polar surface area (TPSA) is 70.2 Å². The lowest BCUT2D eigenvalue weighted by Gasteiger charge is -2.10. The summed E-state index contributed by atoms with van der Waals surface area (Å²) in [6.07, 6.45) is 0. The number of nitrogens with zero attached hydrogens (tertiary/aromatic N) is 3. The van der Waals surface area contributed by atoms with Crippen molar-refractivity contribution in [2.45, 2.75) is 24.4 Å². The maximum absolute atomic E-state index is 12.6. The third-order valence-electron chi connectivity index (χ3n) is 5.15. The van der Waals surface area contributed by atoms with Gasteiger partial charge in [-0.1, -0.05) is 66.4 Å². The number of ether oxygens (including phenoxy) is 1. The normalized spacial score (nSPS) is 11.2. The van der Waals surface area contributed by atoms with Crippen molar-refractivity contribution >= 4 is 40.0 Å². The minimum absolute atomic E-state index is 0.248. The van der Waals surface area contributed by atoms with Crippen molar-refractivity contribution in [2.24, 2.45) is 0 Å². The Morgan fingerprint density at radius 1 is 1.06 bits per heavy atom. The van der Waals surface area contributed by atoms with Gasteiger partial charge in [-0.25, -0.2) is 4.79 Å². The first-order valence-electron chi connectivity index (χ1n) is 10.6. The van der Waals surface area contributed by atoms with Crippen molar-refractivity contribution in [1.29, 1.82) is 0 Å². The molecule has 0 saturated heterocycles. The third kappa shape index (κ3) is 4.44. The van der Waals surface area contributed by atoms with E-state index in [-0.39, 0.29) is 12.4 Å². The molecule has 0 aliphatic rings. The summed E-state index contributed by atoms with van der Waals surface area (Å²) in [7, 11) is 0. The summed E-state index contributed by atoms with van der Waals surface area (Å²) in [6, 6.07) is 22.0. The number of rotatable bonds is 8. The van der Waals surface area contributed by atoms with Crippen LogP contribution in [0, 0.1) is 0 Å². The summed E-state index contributed by atoms with van der Waals surface area (Å²) in [6.45, 7) is 2.73. The average molecular weight is 476 g/mol. The Morgan fingerprint density at radius 2 is 1.88 bits per heavy atom. The quantitative estimate of drug-likeness (QED) is 0.195. The molecule has 5 rings (SSSR count). The van der Waals surface area contributed by atoms with Gasteiger partial charge in [0.25, 0.3) is 0 Å². The molecule has 0 unspecified atom stereocenters. The van der Waals surface area contributed by atoms with Crippen molar-refractivity contribution in [3.8, 4) is 10.7 Å². The van der Waals surface area contributed by atoms with Crippen molar-refractivity contribution in [3.05, 3.63) is 89.0 Å². The number of carbonyl (C=O) groups is 1. The maximum Gasteiger partial charge on any atom is 0.374 e. The Bertz CT molecular complexity index is 1370. The molecule has 0 aliphatic heterocycles. The number of hydrogen-bond donors (Lipinski definition) is 0. The molecule has 166 valence electrons. The molecule has 2 aromatic carbocycles. The molecule has 0 aliphatic carbocycles. The Morgan fingerprint density at radius 3 is 2.67 bits per heavy atom. The average Bonchev–Trinajstić information content (AvgIpc) is 3.57. The van der Waals surface area contributed by atoms with E-state index in [0.717, 1.165) is 32.4 Å². The van der Waals surface area contributed by atoms with Crippen LogP contribution in [0.5, 0.6) is 0 Å². The number of para-hydroxylation sites is 1. The van der Waals surface area contributed by atoms with E-state index >= 15 is 0 Å². The Labute approximate surface area is 199 Å². The minimum Gasteiger partial charge on any atom is -0.460 e. The number of esters is 1. The number of aromatic nitrogens is 3. The first-order valence-corrected chi connectivity index (χ1v) is 12.4. The third-order valence-corrected chi connectivity index (χ3v) is 7.01. The van der Waals surface area contributed by atoms with Crippen LogP contribution in [0.1, 0.15) is 28.6 Å². The standard InChI is InChI=1S/C25H21N3O3S2/c1-2-30-24(29)22-19(18-11-6-7-12-20(18)31-22)16-33-25-27-26-23(21-13-8-14-32-21)28(25)15-17-9-4-3-5-10-17/h3-14H,2,15-16H2,1H3. The van der Waals surface area contributed by atoms with Gasteiger partial charge in [0, 0.05) is 16.7 Å². The smallest absolute Gasteiger partial charge is 0.374 e. The predicted molar refractivity (Wildman–Crippen MR) is 131 cm³/mol. The summed E-state index contributed by atoms with van der Waals surface area (Å²) >= 11 is 3.17. The molecule has 0 radical (unpaired) electrons. The SMILES string of the molecule is CCOC(=O)c1oc2ccccc2c1CSc1nnc(-c2cccs2)n1Cc1ccccc1. The summed E-state index contributed by atoms with van der Waals surface area (Å²) in [5, 5.41) is 12.7. The summed E-state index contributed by atoms with van der Waals surface area (Å²) < 4.78 is 13.2. The number of thiophene rings is 1. The Hall–Kier alpha value is -3.36. The van der Waals surface area contributed by atoms with E-state index in [2.05, 4.69) is 26.9 Å². The highest BCUT2D eigenvalue weighted by molar-refractivity contribution is 7.98. The van der Waals surface area contributed by atoms with E-state index in [1.807, 2.05) is 60.0 Å². The van der Waals surface area contributed by atoms with Gasteiger partial charge in [0.1, 0.15) is 5.58 Å². The zero-order valence-electron chi connectivity index (χ0n) is 17.9. The fraction of sp³-hybridized carbons (Fsp3) is 0.160. The Kier molecular flexibility index (Phi) is 6.28. The van der Waals surface area contributed by atoms with Gasteiger partial charge in [0.2, 0.25) is 5.76 Å². The number of benzene rings is 2. The summed E-state index contributed by atoms with van der Waals surface area (Å²) in [4.78, 5) is 13.6. The highest BCUT2D eigenvalue weighted by Gasteiger charge is 2.23. The van der Waals surface area contributed by atoms with Gasteiger partial charge in [-0.2, -0.15) is 0 Å². The van der Waals surface area contributed by atoms with E-state index < -0.39 is 5.97 Å². The van der Waals surface area contributed by atoms with Crippen LogP contribution in [0.2, 0.25) is 0 Å². The lowest BCUT2D eigenvalue weighted by molar-refractivity contribution is 0.0491. The number of furan rings is 1. The van der Waals surface area contributed by atoms with Crippen LogP contribution in [0.3, 0.4) is 0 Å². The molecular weight excluding hydrogens is 454 g/mol. The fourth-order valence-corrected chi connectivity index (χ4v) is 5.32. The van der Waals surface area contributed by atoms with E-state index in [0.29, 0.717) is 17.9 Å². The predicted octanol–water partition coefficient (Wildman–Crippen LogP) is 6.27. The lowest BCUT2D eigenvalue weighted by Crippen LogP contribution is -2.06. The van der Waals surface area contributed by atoms with Crippen LogP contribution >= 0.6 is 23.1 Å². The van der Waals surface area contributed by atoms with E-state index in [9.17, 15) is 4.79 Å². The molecule has 3 aromatic heterocycles. The summed E-state index contributed by atoms with van der Waals surface area (Å²) in [5.41, 5.74) is 2.64. The molecule has 3 heterocycles. The van der Waals surface area contributed by atoms with Gasteiger partial charge in [-0.15, -0.1) is 21.5 Å². The van der Waals surface area contributed by atoms with Gasteiger partial charge in [0.05, 0.1) is 18.0 Å². The zero-order valence-corrected chi connectivity index (χ0v) is 19.6. The van der Waals surface area contributed by atoms with Gasteiger partial charge in [-0.3, -0.25) is 4.57 Å². The van der Waals surface area contributed by atoms with E-state index in [1.54, 1.807) is 18.3 Å². The molecule has 0 saturated carbocycles. The second kappa shape index (κ2) is 9.64. The Balaban J connectivity index is 1.50. The summed E-state index contributed by atoms with van der Waals surface area (Å²) in [5.74, 6) is 1.13. The maximum atomic E-state index is 12.6. The van der Waals surface area contributed by atoms with E-state index in [4.69, 9.17) is 9.15 Å². The van der Waals surface area contributed by atoms with Gasteiger partial charge < -0.3 is 9.15 Å². The highest BCUT2D eigenvalue weighted by atomic mass is 32.2. The van der Waals surface area contributed by atoms with Crippen LogP contribution in [-0.4, -0.2) is 27.3 Å². The number of hydrogen-bond acceptors (Lipinski definition) is 7. The second-order valence-corrected chi connectivity index (χ2v) is 9.16. The van der Waals surface area contributed by atoms with Crippen LogP contribution in [-0.2, 0) is 17.0 Å². The molecule has 0 fully saturated rings. The second-order valence-electron chi connectivity index (χ2n) is 7.27. The fourth-order valence-electron chi connectivity index (χ4n) is 3.63. The monoisotopic (exact) mass is 475 g/mol. The largest absolute Gasteiger partial charge is 0.460 e. The van der Waals surface area contributed by atoms with Crippen LogP contribution in [0.25, 0.3) is 21.7 Å². The molecule has 0 bridgehead atoms. The first kappa shape index (κ1) is 21.5. The first-order chi connectivity index (χ1) is 16.2. The van der Waals surface area contributed by atoms with Crippen molar-refractivity contribution in [1.82, 2.24) is 14.8 Å². The van der Waals surface area contributed by atoms with E-state index in [1.165, 1.54) is 11.8 Å². The molecular formula is C25H21N3O3S2. The molecule has 33 heavy (non-hydrogen) atoms. The van der Waals surface area contributed by atoms with Crippen molar-refractivity contribution in [2.75, 3.05) is 6.61 Å². The molecule has 5 aromatic rings. The molecule has 0 atom stereocenters. The van der Waals surface area contributed by atoms with Gasteiger partial charge in [0.15, 0.2) is 11.0 Å². The highest BCUT2D eigenvalue weighted by Crippen LogP contribution is 2.34. The lowest BCUT2D eigenvalue weighted by atomic mass is 10.1. The van der Waals surface area contributed by atoms with Crippen LogP contribution in [0.15, 0.2) is 81.7 Å².